The molecule has 0 aromatic heterocycles. The molecule has 5 nitrogen and oxygen atoms in total. The molecular weight excluding hydrogens is 268 g/mol. The summed E-state index contributed by atoms with van der Waals surface area (Å²) < 4.78 is 33.4. The Hall–Kier alpha value is -1.27. The Morgan fingerprint density at radius 3 is 3.00 bits per heavy atom. The van der Waals surface area contributed by atoms with E-state index in [2.05, 4.69) is 0 Å². The molecule has 1 unspecified atom stereocenters. The fourth-order valence-electron chi connectivity index (χ4n) is 1.88. The molecule has 1 heterocycles. The number of hydrogen-bond donors (Lipinski definition) is 1. The highest BCUT2D eigenvalue weighted by molar-refractivity contribution is 7.91. The summed E-state index contributed by atoms with van der Waals surface area (Å²) in [4.78, 5) is 0. The Bertz CT molecular complexity index is 538. The van der Waals surface area contributed by atoms with E-state index in [9.17, 15) is 13.5 Å². The van der Waals surface area contributed by atoms with Crippen molar-refractivity contribution in [3.05, 3.63) is 23.8 Å². The van der Waals surface area contributed by atoms with Crippen molar-refractivity contribution in [1.82, 2.24) is 0 Å². The summed E-state index contributed by atoms with van der Waals surface area (Å²) in [6, 6.07) is 5.25. The Balaban J connectivity index is 1.85. The van der Waals surface area contributed by atoms with Gasteiger partial charge in [-0.2, -0.15) is 0 Å². The molecule has 0 bridgehead atoms. The molecule has 1 N–H and O–H groups in total. The van der Waals surface area contributed by atoms with Gasteiger partial charge >= 0.3 is 0 Å². The quantitative estimate of drug-likeness (QED) is 0.798. The summed E-state index contributed by atoms with van der Waals surface area (Å²) in [6.45, 7) is 2.26. The number of rotatable bonds is 6. The van der Waals surface area contributed by atoms with Gasteiger partial charge in [-0.1, -0.05) is 6.92 Å². The molecule has 19 heavy (non-hydrogen) atoms. The SMILES string of the molecule is CCS(=O)(=O)CCCOc1ccc2c(c1)OCC2O. The van der Waals surface area contributed by atoms with Gasteiger partial charge in [-0.15, -0.1) is 0 Å². The first-order valence-corrected chi connectivity index (χ1v) is 8.12. The van der Waals surface area contributed by atoms with Crippen molar-refractivity contribution in [3.8, 4) is 11.5 Å². The van der Waals surface area contributed by atoms with Crippen LogP contribution in [0, 0.1) is 0 Å². The second kappa shape index (κ2) is 5.79. The van der Waals surface area contributed by atoms with Gasteiger partial charge in [0, 0.05) is 17.4 Å². The first-order valence-electron chi connectivity index (χ1n) is 6.30. The molecule has 0 saturated carbocycles. The van der Waals surface area contributed by atoms with Crippen LogP contribution in [0.15, 0.2) is 18.2 Å². The summed E-state index contributed by atoms with van der Waals surface area (Å²) >= 11 is 0. The molecule has 2 rings (SSSR count). The molecule has 1 atom stereocenters. The fraction of sp³-hybridized carbons (Fsp3) is 0.538. The Labute approximate surface area is 113 Å². The lowest BCUT2D eigenvalue weighted by Crippen LogP contribution is -2.11. The molecule has 0 aliphatic carbocycles. The maximum atomic E-state index is 11.3. The molecule has 0 amide bonds. The molecule has 1 aliphatic heterocycles. The van der Waals surface area contributed by atoms with Gasteiger partial charge in [0.15, 0.2) is 0 Å². The number of hydrogen-bond acceptors (Lipinski definition) is 5. The lowest BCUT2D eigenvalue weighted by molar-refractivity contribution is 0.140. The van der Waals surface area contributed by atoms with Crippen LogP contribution < -0.4 is 9.47 Å². The fourth-order valence-corrected chi connectivity index (χ4v) is 2.72. The van der Waals surface area contributed by atoms with E-state index in [0.29, 0.717) is 24.5 Å². The molecule has 1 aliphatic rings. The number of fused-ring (bicyclic) bond motifs is 1. The summed E-state index contributed by atoms with van der Waals surface area (Å²) in [6.07, 6.45) is -0.102. The minimum absolute atomic E-state index is 0.143. The van der Waals surface area contributed by atoms with E-state index >= 15 is 0 Å². The lowest BCUT2D eigenvalue weighted by atomic mass is 10.1. The van der Waals surface area contributed by atoms with Crippen LogP contribution in [0.5, 0.6) is 11.5 Å². The van der Waals surface area contributed by atoms with Crippen LogP contribution >= 0.6 is 0 Å². The van der Waals surface area contributed by atoms with Crippen molar-refractivity contribution in [2.24, 2.45) is 0 Å². The average Bonchev–Trinajstić information content (AvgIpc) is 2.76. The topological polar surface area (TPSA) is 72.8 Å². The van der Waals surface area contributed by atoms with Gasteiger partial charge in [-0.3, -0.25) is 0 Å². The van der Waals surface area contributed by atoms with Crippen LogP contribution in [0.25, 0.3) is 0 Å². The summed E-state index contributed by atoms with van der Waals surface area (Å²) in [7, 11) is -2.93. The van der Waals surface area contributed by atoms with E-state index in [4.69, 9.17) is 9.47 Å². The van der Waals surface area contributed by atoms with Gasteiger partial charge in [-0.05, 0) is 18.6 Å². The van der Waals surface area contributed by atoms with Crippen molar-refractivity contribution in [2.45, 2.75) is 19.4 Å². The van der Waals surface area contributed by atoms with Gasteiger partial charge in [0.2, 0.25) is 0 Å². The van der Waals surface area contributed by atoms with Gasteiger partial charge < -0.3 is 14.6 Å². The molecule has 0 spiro atoms. The largest absolute Gasteiger partial charge is 0.493 e. The first kappa shape index (κ1) is 14.1. The predicted molar refractivity (Wildman–Crippen MR) is 71.3 cm³/mol. The second-order valence-corrected chi connectivity index (χ2v) is 6.94. The van der Waals surface area contributed by atoms with Crippen molar-refractivity contribution in [2.75, 3.05) is 24.7 Å². The monoisotopic (exact) mass is 286 g/mol. The second-order valence-electron chi connectivity index (χ2n) is 4.46. The Morgan fingerprint density at radius 2 is 2.26 bits per heavy atom. The third-order valence-electron chi connectivity index (χ3n) is 3.05. The van der Waals surface area contributed by atoms with E-state index in [1.165, 1.54) is 0 Å². The van der Waals surface area contributed by atoms with E-state index in [1.54, 1.807) is 25.1 Å². The van der Waals surface area contributed by atoms with Crippen LogP contribution in [-0.2, 0) is 9.84 Å². The van der Waals surface area contributed by atoms with Crippen molar-refractivity contribution in [3.63, 3.8) is 0 Å². The van der Waals surface area contributed by atoms with Crippen molar-refractivity contribution >= 4 is 9.84 Å². The van der Waals surface area contributed by atoms with Crippen LogP contribution in [0.2, 0.25) is 0 Å². The zero-order valence-corrected chi connectivity index (χ0v) is 11.6. The minimum Gasteiger partial charge on any atom is -0.493 e. The minimum atomic E-state index is -2.93. The molecule has 0 saturated heterocycles. The highest BCUT2D eigenvalue weighted by atomic mass is 32.2. The van der Waals surface area contributed by atoms with E-state index in [-0.39, 0.29) is 18.1 Å². The Kier molecular flexibility index (Phi) is 4.31. The number of benzene rings is 1. The van der Waals surface area contributed by atoms with Crippen molar-refractivity contribution < 1.29 is 23.0 Å². The van der Waals surface area contributed by atoms with Crippen molar-refractivity contribution in [1.29, 1.82) is 0 Å². The van der Waals surface area contributed by atoms with Gasteiger partial charge in [-0.25, -0.2) is 8.42 Å². The number of sulfone groups is 1. The summed E-state index contributed by atoms with van der Waals surface area (Å²) in [5, 5.41) is 9.57. The number of ether oxygens (including phenoxy) is 2. The summed E-state index contributed by atoms with van der Waals surface area (Å²) in [5.74, 6) is 1.56. The van der Waals surface area contributed by atoms with E-state index in [1.807, 2.05) is 0 Å². The first-order chi connectivity index (χ1) is 9.02. The van der Waals surface area contributed by atoms with Gasteiger partial charge in [0.1, 0.15) is 34.0 Å². The average molecular weight is 286 g/mol. The maximum Gasteiger partial charge on any atom is 0.150 e. The highest BCUT2D eigenvalue weighted by Gasteiger charge is 2.21. The highest BCUT2D eigenvalue weighted by Crippen LogP contribution is 2.34. The van der Waals surface area contributed by atoms with Crippen LogP contribution in [0.1, 0.15) is 25.0 Å². The molecule has 0 fully saturated rings. The number of aliphatic hydroxyl groups is 1. The zero-order valence-electron chi connectivity index (χ0n) is 10.8. The molecule has 1 aromatic rings. The molecule has 1 aromatic carbocycles. The summed E-state index contributed by atoms with van der Waals surface area (Å²) in [5.41, 5.74) is 0.765. The zero-order chi connectivity index (χ0) is 13.9. The maximum absolute atomic E-state index is 11.3. The standard InChI is InChI=1S/C13H18O5S/c1-2-19(15,16)7-3-6-17-10-4-5-11-12(14)9-18-13(11)8-10/h4-5,8,12,14H,2-3,6-7,9H2,1H3. The van der Waals surface area contributed by atoms with Gasteiger partial charge in [0.25, 0.3) is 0 Å². The lowest BCUT2D eigenvalue weighted by Gasteiger charge is -2.08. The van der Waals surface area contributed by atoms with Crippen LogP contribution in [0.3, 0.4) is 0 Å². The molecule has 0 radical (unpaired) electrons. The normalized spacial score (nSPS) is 17.9. The molecule has 106 valence electrons. The molecule has 6 heteroatoms. The molecular formula is C13H18O5S. The van der Waals surface area contributed by atoms with E-state index in [0.717, 1.165) is 5.56 Å². The predicted octanol–water partition coefficient (Wildman–Crippen LogP) is 1.32. The van der Waals surface area contributed by atoms with E-state index < -0.39 is 15.9 Å². The number of aliphatic hydroxyl groups excluding tert-OH is 1. The smallest absolute Gasteiger partial charge is 0.150 e. The third kappa shape index (κ3) is 3.61. The van der Waals surface area contributed by atoms with Gasteiger partial charge in [0.05, 0.1) is 12.4 Å². The van der Waals surface area contributed by atoms with Crippen LogP contribution in [-0.4, -0.2) is 38.2 Å². The third-order valence-corrected chi connectivity index (χ3v) is 4.84. The van der Waals surface area contributed by atoms with Crippen LogP contribution in [0.4, 0.5) is 0 Å². The Morgan fingerprint density at radius 1 is 1.47 bits per heavy atom.